The molecular weight excluding hydrogens is 334 g/mol. The number of carbonyl (C=O) groups is 1. The van der Waals surface area contributed by atoms with Crippen molar-refractivity contribution in [3.05, 3.63) is 27.1 Å². The maximum atomic E-state index is 12.8. The van der Waals surface area contributed by atoms with E-state index in [-0.39, 0.29) is 16.9 Å². The standard InChI is InChI=1S/C19H27N3O2S/c1-12(2)9-22-11-20-17-16(18(22)24)13-6-7-21(10-14(13)25-17)15(23)8-19(3,4)5/h11-12H,6-10H2,1-5H3. The molecule has 0 spiro atoms. The van der Waals surface area contributed by atoms with Gasteiger partial charge in [0.25, 0.3) is 5.56 Å². The number of hydrogen-bond donors (Lipinski definition) is 0. The lowest BCUT2D eigenvalue weighted by atomic mass is 9.91. The highest BCUT2D eigenvalue weighted by atomic mass is 32.1. The van der Waals surface area contributed by atoms with E-state index in [0.717, 1.165) is 27.1 Å². The topological polar surface area (TPSA) is 55.2 Å². The van der Waals surface area contributed by atoms with Crippen molar-refractivity contribution in [2.45, 2.75) is 60.5 Å². The van der Waals surface area contributed by atoms with Crippen LogP contribution >= 0.6 is 11.3 Å². The molecule has 0 bridgehead atoms. The lowest BCUT2D eigenvalue weighted by molar-refractivity contribution is -0.133. The summed E-state index contributed by atoms with van der Waals surface area (Å²) in [5, 5.41) is 0.770. The molecule has 136 valence electrons. The fraction of sp³-hybridized carbons (Fsp3) is 0.632. The normalized spacial score (nSPS) is 15.0. The van der Waals surface area contributed by atoms with E-state index in [0.29, 0.717) is 32.0 Å². The molecule has 0 aromatic carbocycles. The second-order valence-corrected chi connectivity index (χ2v) is 9.67. The Bertz CT molecular complexity index is 858. The van der Waals surface area contributed by atoms with Gasteiger partial charge >= 0.3 is 0 Å². The zero-order valence-electron chi connectivity index (χ0n) is 15.8. The Morgan fingerprint density at radius 2 is 2.08 bits per heavy atom. The van der Waals surface area contributed by atoms with Gasteiger partial charge in [0, 0.05) is 24.4 Å². The van der Waals surface area contributed by atoms with Crippen LogP contribution in [0.4, 0.5) is 0 Å². The molecule has 0 N–H and O–H groups in total. The summed E-state index contributed by atoms with van der Waals surface area (Å²) in [6.07, 6.45) is 2.95. The van der Waals surface area contributed by atoms with Gasteiger partial charge < -0.3 is 4.90 Å². The van der Waals surface area contributed by atoms with Gasteiger partial charge in [-0.3, -0.25) is 14.2 Å². The first-order valence-electron chi connectivity index (χ1n) is 8.93. The molecular formula is C19H27N3O2S. The smallest absolute Gasteiger partial charge is 0.262 e. The third-order valence-electron chi connectivity index (χ3n) is 4.42. The first kappa shape index (κ1) is 18.1. The Morgan fingerprint density at radius 1 is 1.36 bits per heavy atom. The van der Waals surface area contributed by atoms with Crippen LogP contribution in [0.1, 0.15) is 51.5 Å². The molecule has 5 nitrogen and oxygen atoms in total. The fourth-order valence-electron chi connectivity index (χ4n) is 3.32. The largest absolute Gasteiger partial charge is 0.337 e. The average Bonchev–Trinajstić information content (AvgIpc) is 2.86. The maximum absolute atomic E-state index is 12.8. The summed E-state index contributed by atoms with van der Waals surface area (Å²) < 4.78 is 1.72. The highest BCUT2D eigenvalue weighted by molar-refractivity contribution is 7.18. The third kappa shape index (κ3) is 3.78. The highest BCUT2D eigenvalue weighted by Crippen LogP contribution is 2.33. The van der Waals surface area contributed by atoms with Crippen LogP contribution in [0.25, 0.3) is 10.2 Å². The van der Waals surface area contributed by atoms with Crippen molar-refractivity contribution in [2.24, 2.45) is 11.3 Å². The Hall–Kier alpha value is -1.69. The summed E-state index contributed by atoms with van der Waals surface area (Å²) in [7, 11) is 0. The Labute approximate surface area is 152 Å². The van der Waals surface area contributed by atoms with Gasteiger partial charge in [-0.15, -0.1) is 11.3 Å². The minimum absolute atomic E-state index is 0.0103. The van der Waals surface area contributed by atoms with Crippen molar-refractivity contribution < 1.29 is 4.79 Å². The Morgan fingerprint density at radius 3 is 2.72 bits per heavy atom. The van der Waals surface area contributed by atoms with E-state index in [1.54, 1.807) is 22.2 Å². The molecule has 6 heteroatoms. The van der Waals surface area contributed by atoms with E-state index < -0.39 is 0 Å². The number of carbonyl (C=O) groups excluding carboxylic acids is 1. The van der Waals surface area contributed by atoms with E-state index in [1.807, 2.05) is 4.90 Å². The summed E-state index contributed by atoms with van der Waals surface area (Å²) in [6, 6.07) is 0. The molecule has 1 aliphatic heterocycles. The molecule has 25 heavy (non-hydrogen) atoms. The summed E-state index contributed by atoms with van der Waals surface area (Å²) in [5.41, 5.74) is 1.16. The summed E-state index contributed by atoms with van der Waals surface area (Å²) >= 11 is 1.56. The van der Waals surface area contributed by atoms with Gasteiger partial charge in [0.05, 0.1) is 18.3 Å². The van der Waals surface area contributed by atoms with Crippen molar-refractivity contribution in [1.29, 1.82) is 0 Å². The van der Waals surface area contributed by atoms with E-state index in [1.165, 1.54) is 0 Å². The molecule has 0 fully saturated rings. The monoisotopic (exact) mass is 361 g/mol. The van der Waals surface area contributed by atoms with E-state index in [9.17, 15) is 9.59 Å². The molecule has 3 heterocycles. The van der Waals surface area contributed by atoms with Gasteiger partial charge in [0.1, 0.15) is 4.83 Å². The number of aromatic nitrogens is 2. The summed E-state index contributed by atoms with van der Waals surface area (Å²) in [5.74, 6) is 0.595. The van der Waals surface area contributed by atoms with Gasteiger partial charge in [-0.25, -0.2) is 4.98 Å². The molecule has 0 saturated heterocycles. The molecule has 1 amide bonds. The van der Waals surface area contributed by atoms with Gasteiger partial charge in [-0.2, -0.15) is 0 Å². The zero-order valence-corrected chi connectivity index (χ0v) is 16.6. The molecule has 0 saturated carbocycles. The maximum Gasteiger partial charge on any atom is 0.262 e. The molecule has 0 unspecified atom stereocenters. The average molecular weight is 362 g/mol. The Kier molecular flexibility index (Phi) is 4.75. The molecule has 2 aromatic heterocycles. The van der Waals surface area contributed by atoms with Crippen molar-refractivity contribution in [3.63, 3.8) is 0 Å². The zero-order chi connectivity index (χ0) is 18.4. The summed E-state index contributed by atoms with van der Waals surface area (Å²) in [4.78, 5) is 33.7. The van der Waals surface area contributed by atoms with Crippen LogP contribution in [0.15, 0.2) is 11.1 Å². The van der Waals surface area contributed by atoms with Crippen LogP contribution in [0.3, 0.4) is 0 Å². The van der Waals surface area contributed by atoms with Gasteiger partial charge in [-0.05, 0) is 23.3 Å². The van der Waals surface area contributed by atoms with Crippen molar-refractivity contribution in [2.75, 3.05) is 6.54 Å². The van der Waals surface area contributed by atoms with Crippen molar-refractivity contribution in [3.8, 4) is 0 Å². The molecule has 3 rings (SSSR count). The number of rotatable bonds is 3. The predicted octanol–water partition coefficient (Wildman–Crippen LogP) is 3.43. The van der Waals surface area contributed by atoms with Crippen LogP contribution in [-0.4, -0.2) is 26.9 Å². The highest BCUT2D eigenvalue weighted by Gasteiger charge is 2.28. The first-order valence-corrected chi connectivity index (χ1v) is 9.75. The minimum Gasteiger partial charge on any atom is -0.337 e. The van der Waals surface area contributed by atoms with E-state index in [2.05, 4.69) is 39.6 Å². The first-order chi connectivity index (χ1) is 11.7. The molecule has 0 radical (unpaired) electrons. The lowest BCUT2D eigenvalue weighted by Crippen LogP contribution is -2.37. The van der Waals surface area contributed by atoms with Crippen molar-refractivity contribution >= 4 is 27.5 Å². The van der Waals surface area contributed by atoms with E-state index >= 15 is 0 Å². The molecule has 0 atom stereocenters. The van der Waals surface area contributed by atoms with Crippen LogP contribution in [0.2, 0.25) is 0 Å². The number of fused-ring (bicyclic) bond motifs is 3. The second kappa shape index (κ2) is 6.56. The number of amides is 1. The second-order valence-electron chi connectivity index (χ2n) is 8.58. The molecule has 0 aliphatic carbocycles. The van der Waals surface area contributed by atoms with Crippen LogP contribution in [-0.2, 0) is 24.3 Å². The summed E-state index contributed by atoms with van der Waals surface area (Å²) in [6.45, 7) is 12.4. The van der Waals surface area contributed by atoms with Crippen LogP contribution in [0, 0.1) is 11.3 Å². The van der Waals surface area contributed by atoms with E-state index in [4.69, 9.17) is 0 Å². The fourth-order valence-corrected chi connectivity index (χ4v) is 4.51. The molecule has 1 aliphatic rings. The van der Waals surface area contributed by atoms with Crippen LogP contribution < -0.4 is 5.56 Å². The number of nitrogens with zero attached hydrogens (tertiary/aromatic N) is 3. The predicted molar refractivity (Wildman–Crippen MR) is 102 cm³/mol. The number of thiophene rings is 1. The van der Waals surface area contributed by atoms with Gasteiger partial charge in [-0.1, -0.05) is 34.6 Å². The lowest BCUT2D eigenvalue weighted by Gasteiger charge is -2.29. The quantitative estimate of drug-likeness (QED) is 0.841. The molecule has 2 aromatic rings. The SMILES string of the molecule is CC(C)Cn1cnc2sc3c(c2c1=O)CCN(C(=O)CC(C)(C)C)C3. The van der Waals surface area contributed by atoms with Gasteiger partial charge in [0.15, 0.2) is 0 Å². The van der Waals surface area contributed by atoms with Crippen LogP contribution in [0.5, 0.6) is 0 Å². The van der Waals surface area contributed by atoms with Gasteiger partial charge in [0.2, 0.25) is 5.91 Å². The van der Waals surface area contributed by atoms with Crippen molar-refractivity contribution in [1.82, 2.24) is 14.5 Å². The minimum atomic E-state index is -0.0103. The third-order valence-corrected chi connectivity index (χ3v) is 5.55. The number of hydrogen-bond acceptors (Lipinski definition) is 4. The Balaban J connectivity index is 1.92.